The summed E-state index contributed by atoms with van der Waals surface area (Å²) in [6.45, 7) is 0. The number of amides is 2. The first-order valence-electron chi connectivity index (χ1n) is 7.85. The Morgan fingerprint density at radius 1 is 1.04 bits per heavy atom. The summed E-state index contributed by atoms with van der Waals surface area (Å²) in [6.07, 6.45) is -0.519. The number of nitrogens with one attached hydrogen (secondary N) is 1. The standard InChI is InChI=1S/C19H22N2O4/c1-24-15-10-8-13(9-11-15)12-16(18(20)22)21-19(23)17(25-2)14-6-4-3-5-7-14/h3-11,16-17H,12H2,1-2H3,(H2,20,22)(H,21,23)/t16-,17-/m1/s1. The van der Waals surface area contributed by atoms with Gasteiger partial charge in [-0.2, -0.15) is 0 Å². The molecule has 0 saturated heterocycles. The summed E-state index contributed by atoms with van der Waals surface area (Å²) in [4.78, 5) is 24.3. The van der Waals surface area contributed by atoms with Crippen molar-refractivity contribution in [3.63, 3.8) is 0 Å². The van der Waals surface area contributed by atoms with Gasteiger partial charge in [0.15, 0.2) is 6.10 Å². The molecule has 132 valence electrons. The lowest BCUT2D eigenvalue weighted by Gasteiger charge is -2.20. The van der Waals surface area contributed by atoms with Crippen LogP contribution in [-0.4, -0.2) is 32.1 Å². The maximum atomic E-state index is 12.5. The highest BCUT2D eigenvalue weighted by Gasteiger charge is 2.25. The van der Waals surface area contributed by atoms with Crippen molar-refractivity contribution < 1.29 is 19.1 Å². The lowest BCUT2D eigenvalue weighted by molar-refractivity contribution is -0.134. The molecule has 3 N–H and O–H groups in total. The van der Waals surface area contributed by atoms with Gasteiger partial charge in [-0.25, -0.2) is 0 Å². The lowest BCUT2D eigenvalue weighted by Crippen LogP contribution is -2.47. The first-order chi connectivity index (χ1) is 12.0. The number of hydrogen-bond donors (Lipinski definition) is 2. The summed E-state index contributed by atoms with van der Waals surface area (Å²) in [6, 6.07) is 15.5. The Hall–Kier alpha value is -2.86. The number of methoxy groups -OCH3 is 2. The molecule has 0 aliphatic rings. The van der Waals surface area contributed by atoms with Gasteiger partial charge < -0.3 is 20.5 Å². The van der Waals surface area contributed by atoms with Crippen molar-refractivity contribution in [1.82, 2.24) is 5.32 Å². The number of rotatable bonds is 8. The molecule has 0 spiro atoms. The van der Waals surface area contributed by atoms with Gasteiger partial charge in [-0.05, 0) is 23.3 Å². The zero-order valence-corrected chi connectivity index (χ0v) is 14.3. The predicted molar refractivity (Wildman–Crippen MR) is 94.0 cm³/mol. The molecule has 25 heavy (non-hydrogen) atoms. The van der Waals surface area contributed by atoms with E-state index in [-0.39, 0.29) is 6.42 Å². The second-order valence-electron chi connectivity index (χ2n) is 5.54. The molecule has 0 aromatic heterocycles. The van der Waals surface area contributed by atoms with Gasteiger partial charge in [0.05, 0.1) is 7.11 Å². The van der Waals surface area contributed by atoms with E-state index in [9.17, 15) is 9.59 Å². The highest BCUT2D eigenvalue weighted by molar-refractivity contribution is 5.89. The average Bonchev–Trinajstić information content (AvgIpc) is 2.63. The topological polar surface area (TPSA) is 90.7 Å². The van der Waals surface area contributed by atoms with Gasteiger partial charge in [0.2, 0.25) is 5.91 Å². The van der Waals surface area contributed by atoms with Gasteiger partial charge >= 0.3 is 0 Å². The fourth-order valence-corrected chi connectivity index (χ4v) is 2.49. The van der Waals surface area contributed by atoms with E-state index in [0.29, 0.717) is 11.3 Å². The van der Waals surface area contributed by atoms with Crippen LogP contribution in [0, 0.1) is 0 Å². The number of ether oxygens (including phenoxy) is 2. The maximum absolute atomic E-state index is 12.5. The smallest absolute Gasteiger partial charge is 0.254 e. The number of nitrogens with two attached hydrogens (primary N) is 1. The maximum Gasteiger partial charge on any atom is 0.254 e. The molecule has 0 bridgehead atoms. The molecule has 6 nitrogen and oxygen atoms in total. The zero-order chi connectivity index (χ0) is 18.2. The van der Waals surface area contributed by atoms with Crippen LogP contribution in [0.2, 0.25) is 0 Å². The normalized spacial score (nSPS) is 12.9. The van der Waals surface area contributed by atoms with E-state index in [2.05, 4.69) is 5.32 Å². The van der Waals surface area contributed by atoms with Gasteiger partial charge in [0.1, 0.15) is 11.8 Å². The van der Waals surface area contributed by atoms with Crippen LogP contribution in [0.15, 0.2) is 54.6 Å². The van der Waals surface area contributed by atoms with Crippen LogP contribution in [0.25, 0.3) is 0 Å². The van der Waals surface area contributed by atoms with Crippen LogP contribution < -0.4 is 15.8 Å². The SMILES string of the molecule is COc1ccc(C[C@@H](NC(=O)[C@H](OC)c2ccccc2)C(N)=O)cc1. The monoisotopic (exact) mass is 342 g/mol. The van der Waals surface area contributed by atoms with Crippen LogP contribution in [-0.2, 0) is 20.7 Å². The first-order valence-corrected chi connectivity index (χ1v) is 7.85. The molecule has 0 heterocycles. The Balaban J connectivity index is 2.09. The molecular weight excluding hydrogens is 320 g/mol. The van der Waals surface area contributed by atoms with Crippen molar-refractivity contribution in [2.45, 2.75) is 18.6 Å². The number of carbonyl (C=O) groups is 2. The Kier molecular flexibility index (Phi) is 6.54. The highest BCUT2D eigenvalue weighted by Crippen LogP contribution is 2.17. The van der Waals surface area contributed by atoms with Crippen molar-refractivity contribution in [3.8, 4) is 5.75 Å². The van der Waals surface area contributed by atoms with Crippen LogP contribution >= 0.6 is 0 Å². The molecule has 0 aliphatic carbocycles. The van der Waals surface area contributed by atoms with Gasteiger partial charge in [-0.3, -0.25) is 9.59 Å². The summed E-state index contributed by atoms with van der Waals surface area (Å²) in [5.74, 6) is -0.301. The fourth-order valence-electron chi connectivity index (χ4n) is 2.49. The van der Waals surface area contributed by atoms with Crippen LogP contribution in [0.3, 0.4) is 0 Å². The fraction of sp³-hybridized carbons (Fsp3) is 0.263. The second-order valence-corrected chi connectivity index (χ2v) is 5.54. The number of primary amides is 1. The Labute approximate surface area is 146 Å². The summed E-state index contributed by atoms with van der Waals surface area (Å²) in [5.41, 5.74) is 7.01. The minimum atomic E-state index is -0.831. The molecule has 2 amide bonds. The molecule has 0 unspecified atom stereocenters. The van der Waals surface area contributed by atoms with Crippen LogP contribution in [0.1, 0.15) is 17.2 Å². The highest BCUT2D eigenvalue weighted by atomic mass is 16.5. The molecule has 2 atom stereocenters. The molecule has 0 saturated carbocycles. The third-order valence-corrected chi connectivity index (χ3v) is 3.83. The molecule has 6 heteroatoms. The minimum absolute atomic E-state index is 0.288. The summed E-state index contributed by atoms with van der Waals surface area (Å²) >= 11 is 0. The average molecular weight is 342 g/mol. The Morgan fingerprint density at radius 3 is 2.20 bits per heavy atom. The van der Waals surface area contributed by atoms with E-state index >= 15 is 0 Å². The first kappa shape index (κ1) is 18.5. The largest absolute Gasteiger partial charge is 0.497 e. The number of benzene rings is 2. The van der Waals surface area contributed by atoms with E-state index in [1.165, 1.54) is 7.11 Å². The van der Waals surface area contributed by atoms with Gasteiger partial charge in [-0.15, -0.1) is 0 Å². The van der Waals surface area contributed by atoms with Crippen LogP contribution in [0.4, 0.5) is 0 Å². The van der Waals surface area contributed by atoms with Crippen molar-refractivity contribution >= 4 is 11.8 Å². The number of carbonyl (C=O) groups excluding carboxylic acids is 2. The van der Waals surface area contributed by atoms with Crippen molar-refractivity contribution in [2.24, 2.45) is 5.73 Å². The molecule has 0 aliphatic heterocycles. The summed E-state index contributed by atoms with van der Waals surface area (Å²) < 4.78 is 10.4. The van der Waals surface area contributed by atoms with E-state index in [1.807, 2.05) is 30.3 Å². The molecule has 0 fully saturated rings. The van der Waals surface area contributed by atoms with Crippen molar-refractivity contribution in [1.29, 1.82) is 0 Å². The molecule has 2 aromatic carbocycles. The van der Waals surface area contributed by atoms with Gasteiger partial charge in [-0.1, -0.05) is 42.5 Å². The Morgan fingerprint density at radius 2 is 1.68 bits per heavy atom. The third-order valence-electron chi connectivity index (χ3n) is 3.83. The van der Waals surface area contributed by atoms with Crippen molar-refractivity contribution in [3.05, 3.63) is 65.7 Å². The van der Waals surface area contributed by atoms with E-state index in [0.717, 1.165) is 5.56 Å². The molecular formula is C19H22N2O4. The summed E-state index contributed by atoms with van der Waals surface area (Å²) in [7, 11) is 3.02. The number of hydrogen-bond acceptors (Lipinski definition) is 4. The second kappa shape index (κ2) is 8.84. The minimum Gasteiger partial charge on any atom is -0.497 e. The third kappa shape index (κ3) is 5.06. The van der Waals surface area contributed by atoms with Crippen molar-refractivity contribution in [2.75, 3.05) is 14.2 Å². The van der Waals surface area contributed by atoms with Gasteiger partial charge in [0, 0.05) is 13.5 Å². The predicted octanol–water partition coefficient (Wildman–Crippen LogP) is 1.60. The van der Waals surface area contributed by atoms with E-state index in [1.54, 1.807) is 31.4 Å². The Bertz CT molecular complexity index is 701. The lowest BCUT2D eigenvalue weighted by atomic mass is 10.0. The quantitative estimate of drug-likeness (QED) is 0.762. The van der Waals surface area contributed by atoms with Crippen LogP contribution in [0.5, 0.6) is 5.75 Å². The molecule has 0 radical (unpaired) electrons. The molecule has 2 rings (SSSR count). The van der Waals surface area contributed by atoms with E-state index in [4.69, 9.17) is 15.2 Å². The summed E-state index contributed by atoms with van der Waals surface area (Å²) in [5, 5.41) is 2.67. The molecule has 2 aromatic rings. The zero-order valence-electron chi connectivity index (χ0n) is 14.3. The van der Waals surface area contributed by atoms with E-state index < -0.39 is 24.0 Å². The van der Waals surface area contributed by atoms with Gasteiger partial charge in [0.25, 0.3) is 5.91 Å².